The molecule has 0 aliphatic carbocycles. The topological polar surface area (TPSA) is 97.1 Å². The Morgan fingerprint density at radius 1 is 0.700 bits per heavy atom. The van der Waals surface area contributed by atoms with Crippen LogP contribution in [-0.2, 0) is 22.6 Å². The Morgan fingerprint density at radius 3 is 1.68 bits per heavy atom. The summed E-state index contributed by atoms with van der Waals surface area (Å²) in [6, 6.07) is 25.4. The smallest absolute Gasteiger partial charge is 0.429 e. The summed E-state index contributed by atoms with van der Waals surface area (Å²) in [5, 5.41) is 2.59. The second-order valence-corrected chi connectivity index (χ2v) is 11.5. The first-order chi connectivity index (χ1) is 18.6. The van der Waals surface area contributed by atoms with Crippen molar-refractivity contribution in [2.75, 3.05) is 5.43 Å². The van der Waals surface area contributed by atoms with Crippen molar-refractivity contribution in [3.05, 3.63) is 101 Å². The molecular formula is C32H44N4O4. The zero-order valence-corrected chi connectivity index (χ0v) is 25.0. The molecule has 0 saturated heterocycles. The fourth-order valence-electron chi connectivity index (χ4n) is 3.42. The van der Waals surface area contributed by atoms with Gasteiger partial charge in [0.05, 0.1) is 18.8 Å². The zero-order valence-electron chi connectivity index (χ0n) is 25.0. The maximum absolute atomic E-state index is 12.6. The van der Waals surface area contributed by atoms with Crippen LogP contribution in [0.4, 0.5) is 15.3 Å². The number of hydrazine groups is 2. The highest BCUT2D eigenvalue weighted by molar-refractivity contribution is 5.71. The molecule has 40 heavy (non-hydrogen) atoms. The summed E-state index contributed by atoms with van der Waals surface area (Å²) in [6.45, 7) is 15.9. The molecule has 0 saturated carbocycles. The van der Waals surface area contributed by atoms with Crippen LogP contribution in [0.25, 0.3) is 0 Å². The summed E-state index contributed by atoms with van der Waals surface area (Å²) in [5.74, 6) is 5.62. The molecule has 3 N–H and O–H groups in total. The first-order valence-electron chi connectivity index (χ1n) is 13.3. The molecule has 8 nitrogen and oxygen atoms in total. The van der Waals surface area contributed by atoms with E-state index in [1.807, 2.05) is 100 Å². The van der Waals surface area contributed by atoms with Gasteiger partial charge in [0.2, 0.25) is 0 Å². The molecule has 3 aromatic rings. The zero-order chi connectivity index (χ0) is 29.9. The first-order valence-corrected chi connectivity index (χ1v) is 13.3. The molecule has 0 atom stereocenters. The third kappa shape index (κ3) is 11.8. The van der Waals surface area contributed by atoms with Crippen LogP contribution in [0.15, 0.2) is 78.9 Å². The minimum absolute atomic E-state index is 0.343. The highest BCUT2D eigenvalue weighted by atomic mass is 16.6. The number of nitrogens with zero attached hydrogens (tertiary/aromatic N) is 2. The predicted octanol–water partition coefficient (Wildman–Crippen LogP) is 7.37. The fraction of sp³-hybridized carbons (Fsp3) is 0.375. The third-order valence-corrected chi connectivity index (χ3v) is 5.48. The van der Waals surface area contributed by atoms with Crippen molar-refractivity contribution in [1.82, 2.24) is 10.0 Å². The number of nitrogens with one attached hydrogen (secondary N) is 1. The molecule has 0 aliphatic heterocycles. The number of nitrogens with two attached hydrogens (primary N) is 1. The van der Waals surface area contributed by atoms with E-state index in [1.165, 1.54) is 10.6 Å². The monoisotopic (exact) mass is 548 g/mol. The van der Waals surface area contributed by atoms with Crippen LogP contribution in [0.3, 0.4) is 0 Å². The van der Waals surface area contributed by atoms with Gasteiger partial charge in [-0.25, -0.2) is 25.4 Å². The molecule has 0 bridgehead atoms. The van der Waals surface area contributed by atoms with Crippen molar-refractivity contribution in [3.63, 3.8) is 0 Å². The van der Waals surface area contributed by atoms with Gasteiger partial charge in [0, 0.05) is 0 Å². The number of amides is 2. The average Bonchev–Trinajstić information content (AvgIpc) is 2.86. The van der Waals surface area contributed by atoms with Crippen LogP contribution < -0.4 is 11.3 Å². The highest BCUT2D eigenvalue weighted by Gasteiger charge is 2.23. The number of hydrogen-bond donors (Lipinski definition) is 2. The Labute approximate surface area is 239 Å². The number of carbonyl (C=O) groups excluding carboxylic acids is 2. The second-order valence-electron chi connectivity index (χ2n) is 11.5. The standard InChI is InChI=1S/C20H26N2O2.C12H18N2O2/c1-15-10-9-13-18(16(15)2)21-22(19(23)24-20(3,4)5)14-17-11-7-6-8-12-17;1-12(2,3)16-11(15)14(13)9-10-7-5-4-6-8-10/h6-13,21H,14H2,1-5H3;4-8H,9,13H2,1-3H3. The van der Waals surface area contributed by atoms with E-state index in [4.69, 9.17) is 15.3 Å². The van der Waals surface area contributed by atoms with E-state index in [0.717, 1.165) is 27.4 Å². The Hall–Kier alpha value is -4.04. The lowest BCUT2D eigenvalue weighted by molar-refractivity contribution is 0.0229. The predicted molar refractivity (Wildman–Crippen MR) is 160 cm³/mol. The number of ether oxygens (including phenoxy) is 2. The number of anilines is 1. The molecule has 216 valence electrons. The van der Waals surface area contributed by atoms with Crippen molar-refractivity contribution in [2.45, 2.75) is 79.7 Å². The maximum atomic E-state index is 12.6. The first kappa shape index (κ1) is 32.2. The van der Waals surface area contributed by atoms with Crippen LogP contribution in [0, 0.1) is 13.8 Å². The van der Waals surface area contributed by atoms with Crippen molar-refractivity contribution in [3.8, 4) is 0 Å². The van der Waals surface area contributed by atoms with Gasteiger partial charge < -0.3 is 9.47 Å². The fourth-order valence-corrected chi connectivity index (χ4v) is 3.42. The number of rotatable bonds is 6. The summed E-state index contributed by atoms with van der Waals surface area (Å²) >= 11 is 0. The van der Waals surface area contributed by atoms with Crippen LogP contribution in [-0.4, -0.2) is 33.4 Å². The van der Waals surface area contributed by atoms with Gasteiger partial charge in [0.15, 0.2) is 0 Å². The summed E-state index contributed by atoms with van der Waals surface area (Å²) in [6.07, 6.45) is -0.913. The van der Waals surface area contributed by atoms with Crippen molar-refractivity contribution < 1.29 is 19.1 Å². The normalized spacial score (nSPS) is 11.0. The Morgan fingerprint density at radius 2 is 1.18 bits per heavy atom. The van der Waals surface area contributed by atoms with E-state index in [0.29, 0.717) is 13.1 Å². The molecule has 0 aliphatic rings. The highest BCUT2D eigenvalue weighted by Crippen LogP contribution is 2.21. The molecule has 0 unspecified atom stereocenters. The van der Waals surface area contributed by atoms with Gasteiger partial charge in [-0.1, -0.05) is 72.8 Å². The molecule has 2 amide bonds. The van der Waals surface area contributed by atoms with Crippen LogP contribution in [0.2, 0.25) is 0 Å². The van der Waals surface area contributed by atoms with E-state index in [-0.39, 0.29) is 0 Å². The lowest BCUT2D eigenvalue weighted by Gasteiger charge is -2.29. The molecule has 3 aromatic carbocycles. The van der Waals surface area contributed by atoms with E-state index >= 15 is 0 Å². The molecule has 0 radical (unpaired) electrons. The number of hydrogen-bond acceptors (Lipinski definition) is 6. The van der Waals surface area contributed by atoms with Crippen molar-refractivity contribution in [2.24, 2.45) is 5.84 Å². The molecule has 0 spiro atoms. The molecule has 0 fully saturated rings. The van der Waals surface area contributed by atoms with Crippen molar-refractivity contribution in [1.29, 1.82) is 0 Å². The molecule has 8 heteroatoms. The van der Waals surface area contributed by atoms with E-state index in [9.17, 15) is 9.59 Å². The molecule has 0 aromatic heterocycles. The van der Waals surface area contributed by atoms with Gasteiger partial charge in [-0.05, 0) is 83.7 Å². The number of carbonyl (C=O) groups is 2. The lowest BCUT2D eigenvalue weighted by atomic mass is 10.1. The molecule has 3 rings (SSSR count). The molecule has 0 heterocycles. The van der Waals surface area contributed by atoms with Crippen LogP contribution in [0.5, 0.6) is 0 Å². The maximum Gasteiger partial charge on any atom is 0.429 e. The van der Waals surface area contributed by atoms with Crippen LogP contribution >= 0.6 is 0 Å². The summed E-state index contributed by atoms with van der Waals surface area (Å²) < 4.78 is 10.7. The van der Waals surface area contributed by atoms with Gasteiger partial charge in [-0.15, -0.1) is 0 Å². The van der Waals surface area contributed by atoms with Gasteiger partial charge in [0.25, 0.3) is 0 Å². The van der Waals surface area contributed by atoms with Gasteiger partial charge >= 0.3 is 12.2 Å². The quantitative estimate of drug-likeness (QED) is 0.190. The summed E-state index contributed by atoms with van der Waals surface area (Å²) in [4.78, 5) is 24.1. The Bertz CT molecular complexity index is 1220. The third-order valence-electron chi connectivity index (χ3n) is 5.48. The Kier molecular flexibility index (Phi) is 11.6. The van der Waals surface area contributed by atoms with Gasteiger partial charge in [-0.3, -0.25) is 5.43 Å². The van der Waals surface area contributed by atoms with Gasteiger partial charge in [-0.2, -0.15) is 0 Å². The SMILES string of the molecule is CC(C)(C)OC(=O)N(N)Cc1ccccc1.Cc1cccc(NN(Cc2ccccc2)C(=O)OC(C)(C)C)c1C. The summed E-state index contributed by atoms with van der Waals surface area (Å²) in [7, 11) is 0. The Balaban J connectivity index is 0.000000305. The van der Waals surface area contributed by atoms with E-state index in [2.05, 4.69) is 18.4 Å². The van der Waals surface area contributed by atoms with Crippen molar-refractivity contribution >= 4 is 17.9 Å². The minimum Gasteiger partial charge on any atom is -0.443 e. The summed E-state index contributed by atoms with van der Waals surface area (Å²) in [5.41, 5.74) is 7.33. The van der Waals surface area contributed by atoms with Crippen LogP contribution in [0.1, 0.15) is 63.8 Å². The number of benzene rings is 3. The number of aryl methyl sites for hydroxylation is 1. The lowest BCUT2D eigenvalue weighted by Crippen LogP contribution is -2.40. The van der Waals surface area contributed by atoms with E-state index < -0.39 is 23.4 Å². The minimum atomic E-state index is -0.546. The second kappa shape index (κ2) is 14.4. The molecular weight excluding hydrogens is 504 g/mol. The largest absolute Gasteiger partial charge is 0.443 e. The average molecular weight is 549 g/mol. The van der Waals surface area contributed by atoms with E-state index in [1.54, 1.807) is 20.8 Å². The van der Waals surface area contributed by atoms with Gasteiger partial charge in [0.1, 0.15) is 11.2 Å².